The molecule has 1 saturated carbocycles. The smallest absolute Gasteiger partial charge is 0.230 e. The molecule has 1 amide bonds. The third kappa shape index (κ3) is 5.65. The molecule has 1 aliphatic rings. The Kier molecular flexibility index (Phi) is 7.19. The van der Waals surface area contributed by atoms with Crippen LogP contribution in [0.5, 0.6) is 0 Å². The van der Waals surface area contributed by atoms with E-state index in [1.807, 2.05) is 19.1 Å². The average molecular weight is 489 g/mol. The lowest BCUT2D eigenvalue weighted by Crippen LogP contribution is -2.37. The molecule has 1 heterocycles. The highest BCUT2D eigenvalue weighted by molar-refractivity contribution is 8.00. The molecule has 4 rings (SSSR count). The highest BCUT2D eigenvalue weighted by atomic mass is 32.2. The molecule has 1 aliphatic carbocycles. The van der Waals surface area contributed by atoms with Crippen LogP contribution in [0.2, 0.25) is 0 Å². The summed E-state index contributed by atoms with van der Waals surface area (Å²) in [6, 6.07) is 12.0. The quantitative estimate of drug-likeness (QED) is 0.365. The van der Waals surface area contributed by atoms with E-state index < -0.39 is 15.7 Å². The molecule has 0 saturated heterocycles. The van der Waals surface area contributed by atoms with Gasteiger partial charge in [0.2, 0.25) is 31.8 Å². The van der Waals surface area contributed by atoms with E-state index in [1.165, 1.54) is 18.6 Å². The second-order valence-corrected chi connectivity index (χ2v) is 10.9. The standard InChI is InChI=1S/C24H25FN2O4S2/c1-16-7-9-17(10-8-16)22-27-23(33(29,30)20-13-11-18(25)12-14-20)24(31-22)32-15-21(28)26-19-5-3-2-4-6-19/h7-14,19H,2-6,15H2,1H3,(H,26,28). The number of amides is 1. The number of halogens is 1. The van der Waals surface area contributed by atoms with Crippen molar-refractivity contribution in [2.24, 2.45) is 0 Å². The first-order valence-electron chi connectivity index (χ1n) is 10.8. The number of rotatable bonds is 7. The minimum absolute atomic E-state index is 0.00493. The molecule has 174 valence electrons. The van der Waals surface area contributed by atoms with E-state index in [4.69, 9.17) is 4.42 Å². The molecule has 0 bridgehead atoms. The maximum absolute atomic E-state index is 13.3. The Morgan fingerprint density at radius 2 is 1.76 bits per heavy atom. The summed E-state index contributed by atoms with van der Waals surface area (Å²) in [6.45, 7) is 1.94. The van der Waals surface area contributed by atoms with Crippen LogP contribution in [0.3, 0.4) is 0 Å². The van der Waals surface area contributed by atoms with Crippen LogP contribution < -0.4 is 5.32 Å². The second kappa shape index (κ2) is 10.1. The molecule has 0 spiro atoms. The van der Waals surface area contributed by atoms with Crippen molar-refractivity contribution in [1.29, 1.82) is 0 Å². The molecule has 1 aromatic heterocycles. The van der Waals surface area contributed by atoms with Gasteiger partial charge in [-0.15, -0.1) is 0 Å². The Morgan fingerprint density at radius 1 is 1.09 bits per heavy atom. The van der Waals surface area contributed by atoms with Crippen molar-refractivity contribution >= 4 is 27.5 Å². The van der Waals surface area contributed by atoms with Crippen molar-refractivity contribution in [3.05, 3.63) is 59.9 Å². The van der Waals surface area contributed by atoms with Gasteiger partial charge in [-0.25, -0.2) is 12.8 Å². The maximum atomic E-state index is 13.3. The molecule has 1 N–H and O–H groups in total. The van der Waals surface area contributed by atoms with Crippen molar-refractivity contribution in [2.45, 2.75) is 60.1 Å². The Bertz CT molecular complexity index is 1220. The number of nitrogens with one attached hydrogen (secondary N) is 1. The molecule has 9 heteroatoms. The number of carbonyl (C=O) groups excluding carboxylic acids is 1. The minimum Gasteiger partial charge on any atom is -0.428 e. The van der Waals surface area contributed by atoms with Crippen molar-refractivity contribution < 1.29 is 22.0 Å². The average Bonchev–Trinajstić information content (AvgIpc) is 3.24. The summed E-state index contributed by atoms with van der Waals surface area (Å²) in [5, 5.41) is 2.78. The van der Waals surface area contributed by atoms with Crippen molar-refractivity contribution in [2.75, 3.05) is 5.75 Å². The summed E-state index contributed by atoms with van der Waals surface area (Å²) in [5.41, 5.74) is 1.66. The van der Waals surface area contributed by atoms with Crippen LogP contribution in [-0.4, -0.2) is 31.1 Å². The first-order chi connectivity index (χ1) is 15.8. The van der Waals surface area contributed by atoms with Crippen molar-refractivity contribution in [3.8, 4) is 11.5 Å². The van der Waals surface area contributed by atoms with Gasteiger partial charge in [-0.3, -0.25) is 4.79 Å². The molecule has 2 aromatic carbocycles. The number of hydrogen-bond acceptors (Lipinski definition) is 6. The lowest BCUT2D eigenvalue weighted by molar-refractivity contribution is -0.119. The van der Waals surface area contributed by atoms with E-state index in [9.17, 15) is 17.6 Å². The largest absolute Gasteiger partial charge is 0.428 e. The third-order valence-corrected chi connectivity index (χ3v) is 8.30. The minimum atomic E-state index is -4.08. The summed E-state index contributed by atoms with van der Waals surface area (Å²) in [5.74, 6) is -0.565. The Morgan fingerprint density at radius 3 is 2.42 bits per heavy atom. The Balaban J connectivity index is 1.61. The van der Waals surface area contributed by atoms with Crippen LogP contribution >= 0.6 is 11.8 Å². The van der Waals surface area contributed by atoms with E-state index in [1.54, 1.807) is 12.1 Å². The molecule has 33 heavy (non-hydrogen) atoms. The first kappa shape index (κ1) is 23.5. The molecule has 0 atom stereocenters. The molecule has 3 aromatic rings. The van der Waals surface area contributed by atoms with Gasteiger partial charge >= 0.3 is 0 Å². The number of sulfone groups is 1. The van der Waals surface area contributed by atoms with Crippen LogP contribution in [0.25, 0.3) is 11.5 Å². The van der Waals surface area contributed by atoms with E-state index in [0.717, 1.165) is 55.1 Å². The van der Waals surface area contributed by atoms with Gasteiger partial charge in [0.05, 0.1) is 10.6 Å². The zero-order valence-corrected chi connectivity index (χ0v) is 19.8. The summed E-state index contributed by atoms with van der Waals surface area (Å²) in [6.07, 6.45) is 5.30. The lowest BCUT2D eigenvalue weighted by atomic mass is 9.95. The van der Waals surface area contributed by atoms with Crippen LogP contribution in [0, 0.1) is 12.7 Å². The third-order valence-electron chi connectivity index (χ3n) is 5.55. The number of thioether (sulfide) groups is 1. The van der Waals surface area contributed by atoms with Gasteiger partial charge in [0.15, 0.2) is 0 Å². The molecular formula is C24H25FN2O4S2. The van der Waals surface area contributed by atoms with Gasteiger partial charge in [0, 0.05) is 11.6 Å². The van der Waals surface area contributed by atoms with E-state index in [2.05, 4.69) is 10.3 Å². The molecular weight excluding hydrogens is 463 g/mol. The van der Waals surface area contributed by atoms with Crippen molar-refractivity contribution in [3.63, 3.8) is 0 Å². The number of aromatic nitrogens is 1. The van der Waals surface area contributed by atoms with Crippen molar-refractivity contribution in [1.82, 2.24) is 10.3 Å². The molecule has 0 aliphatic heterocycles. The van der Waals surface area contributed by atoms with Gasteiger partial charge in [0.25, 0.3) is 0 Å². The van der Waals surface area contributed by atoms with E-state index in [-0.39, 0.29) is 38.6 Å². The monoisotopic (exact) mass is 488 g/mol. The predicted octanol–water partition coefficient (Wildman–Crippen LogP) is 5.16. The summed E-state index contributed by atoms with van der Waals surface area (Å²) in [7, 11) is -4.08. The lowest BCUT2D eigenvalue weighted by Gasteiger charge is -2.22. The number of benzene rings is 2. The Labute approximate surface area is 196 Å². The predicted molar refractivity (Wildman–Crippen MR) is 124 cm³/mol. The molecule has 6 nitrogen and oxygen atoms in total. The highest BCUT2D eigenvalue weighted by Crippen LogP contribution is 2.35. The van der Waals surface area contributed by atoms with Crippen LogP contribution in [0.4, 0.5) is 4.39 Å². The number of oxazole rings is 1. The zero-order chi connectivity index (χ0) is 23.4. The number of nitrogens with zero attached hydrogens (tertiary/aromatic N) is 1. The van der Waals surface area contributed by atoms with Gasteiger partial charge in [-0.05, 0) is 56.2 Å². The second-order valence-electron chi connectivity index (χ2n) is 8.13. The fraction of sp³-hybridized carbons (Fsp3) is 0.333. The summed E-state index contributed by atoms with van der Waals surface area (Å²) >= 11 is 0.993. The SMILES string of the molecule is Cc1ccc(-c2nc(S(=O)(=O)c3ccc(F)cc3)c(SCC(=O)NC3CCCCC3)o2)cc1. The molecule has 0 radical (unpaired) electrons. The van der Waals surface area contributed by atoms with Gasteiger partial charge in [-0.2, -0.15) is 4.98 Å². The van der Waals surface area contributed by atoms with Crippen LogP contribution in [0.15, 0.2) is 68.0 Å². The van der Waals surface area contributed by atoms with E-state index in [0.29, 0.717) is 5.56 Å². The number of hydrogen-bond donors (Lipinski definition) is 1. The van der Waals surface area contributed by atoms with Gasteiger partial charge in [-0.1, -0.05) is 48.7 Å². The summed E-state index contributed by atoms with van der Waals surface area (Å²) in [4.78, 5) is 16.7. The van der Waals surface area contributed by atoms with E-state index >= 15 is 0 Å². The fourth-order valence-electron chi connectivity index (χ4n) is 3.75. The normalized spacial score (nSPS) is 14.8. The first-order valence-corrected chi connectivity index (χ1v) is 13.3. The maximum Gasteiger partial charge on any atom is 0.230 e. The zero-order valence-electron chi connectivity index (χ0n) is 18.2. The van der Waals surface area contributed by atoms with Gasteiger partial charge < -0.3 is 9.73 Å². The molecule has 0 unspecified atom stereocenters. The topological polar surface area (TPSA) is 89.3 Å². The summed E-state index contributed by atoms with van der Waals surface area (Å²) < 4.78 is 45.7. The van der Waals surface area contributed by atoms with Crippen LogP contribution in [0.1, 0.15) is 37.7 Å². The highest BCUT2D eigenvalue weighted by Gasteiger charge is 2.29. The van der Waals surface area contributed by atoms with Crippen LogP contribution in [-0.2, 0) is 14.6 Å². The van der Waals surface area contributed by atoms with Gasteiger partial charge in [0.1, 0.15) is 5.82 Å². The molecule has 1 fully saturated rings. The number of aryl methyl sites for hydroxylation is 1. The fourth-order valence-corrected chi connectivity index (χ4v) is 6.09. The number of carbonyl (C=O) groups is 1. The Hall–Kier alpha value is -2.65.